The van der Waals surface area contributed by atoms with Crippen LogP contribution in [-0.2, 0) is 11.3 Å². The van der Waals surface area contributed by atoms with Gasteiger partial charge in [-0.05, 0) is 59.0 Å². The maximum Gasteiger partial charge on any atom is 0.350 e. The second-order valence-electron chi connectivity index (χ2n) is 5.32. The van der Waals surface area contributed by atoms with Crippen LogP contribution in [0.2, 0.25) is 0 Å². The molecule has 0 radical (unpaired) electrons. The number of benzene rings is 1. The van der Waals surface area contributed by atoms with Crippen LogP contribution in [0.25, 0.3) is 11.0 Å². The van der Waals surface area contributed by atoms with Crippen molar-refractivity contribution < 1.29 is 19.4 Å². The van der Waals surface area contributed by atoms with E-state index in [9.17, 15) is 19.8 Å². The predicted octanol–water partition coefficient (Wildman–Crippen LogP) is 2.87. The first-order valence-corrected chi connectivity index (χ1v) is 9.44. The van der Waals surface area contributed by atoms with Gasteiger partial charge in [-0.15, -0.1) is 0 Å². The van der Waals surface area contributed by atoms with Crippen LogP contribution in [0.15, 0.2) is 25.8 Å². The van der Waals surface area contributed by atoms with Gasteiger partial charge in [-0.2, -0.15) is 11.8 Å². The summed E-state index contributed by atoms with van der Waals surface area (Å²) in [5.41, 5.74) is 0.807. The summed E-state index contributed by atoms with van der Waals surface area (Å²) >= 11 is 4.75. The lowest BCUT2D eigenvalue weighted by Gasteiger charge is -2.16. The quantitative estimate of drug-likeness (QED) is 0.597. The highest BCUT2D eigenvalue weighted by Gasteiger charge is 2.19. The molecule has 0 aliphatic carbocycles. The highest BCUT2D eigenvalue weighted by atomic mass is 79.9. The van der Waals surface area contributed by atoms with E-state index in [1.807, 2.05) is 6.26 Å². The number of halogens is 1. The minimum absolute atomic E-state index is 0.0473. The van der Waals surface area contributed by atoms with Crippen molar-refractivity contribution >= 4 is 44.6 Å². The molecule has 1 heterocycles. The number of aromatic hydroxyl groups is 1. The molecule has 0 bridgehead atoms. The van der Waals surface area contributed by atoms with Gasteiger partial charge in [-0.25, -0.2) is 4.79 Å². The van der Waals surface area contributed by atoms with Crippen molar-refractivity contribution in [3.63, 3.8) is 0 Å². The summed E-state index contributed by atoms with van der Waals surface area (Å²) in [4.78, 5) is 23.2. The van der Waals surface area contributed by atoms with E-state index in [4.69, 9.17) is 4.42 Å². The molecule has 0 spiro atoms. The number of hydrogen-bond donors (Lipinski definition) is 3. The Hall–Kier alpha value is -1.51. The minimum Gasteiger partial charge on any atom is -0.507 e. The molecule has 1 aromatic heterocycles. The van der Waals surface area contributed by atoms with Crippen LogP contribution in [0.1, 0.15) is 17.5 Å². The molecule has 6 nitrogen and oxygen atoms in total. The minimum atomic E-state index is -0.954. The number of aliphatic carboxylic acids is 1. The molecule has 2 aromatic rings. The van der Waals surface area contributed by atoms with Crippen LogP contribution in [-0.4, -0.2) is 34.2 Å². The molecule has 3 N–H and O–H groups in total. The van der Waals surface area contributed by atoms with E-state index in [0.29, 0.717) is 33.2 Å². The van der Waals surface area contributed by atoms with Crippen molar-refractivity contribution in [1.82, 2.24) is 5.32 Å². The van der Waals surface area contributed by atoms with E-state index in [1.165, 1.54) is 6.07 Å². The largest absolute Gasteiger partial charge is 0.507 e. The van der Waals surface area contributed by atoms with E-state index in [2.05, 4.69) is 21.2 Å². The van der Waals surface area contributed by atoms with E-state index in [-0.39, 0.29) is 17.9 Å². The maximum absolute atomic E-state index is 11.9. The number of thioether (sulfide) groups is 1. The Morgan fingerprint density at radius 1 is 1.46 bits per heavy atom. The van der Waals surface area contributed by atoms with Crippen LogP contribution >= 0.6 is 27.7 Å². The average Bonchev–Trinajstić information content (AvgIpc) is 2.54. The summed E-state index contributed by atoms with van der Waals surface area (Å²) in [6.45, 7) is 1.86. The molecule has 0 aliphatic rings. The van der Waals surface area contributed by atoms with Crippen molar-refractivity contribution in [2.45, 2.75) is 25.9 Å². The Bertz CT molecular complexity index is 820. The maximum atomic E-state index is 11.9. The third kappa shape index (κ3) is 3.93. The van der Waals surface area contributed by atoms with Crippen LogP contribution in [0.5, 0.6) is 5.75 Å². The summed E-state index contributed by atoms with van der Waals surface area (Å²) in [5.74, 6) is -0.301. The molecule has 0 unspecified atom stereocenters. The van der Waals surface area contributed by atoms with Gasteiger partial charge >= 0.3 is 11.6 Å². The van der Waals surface area contributed by atoms with E-state index < -0.39 is 17.6 Å². The lowest BCUT2D eigenvalue weighted by Crippen LogP contribution is -2.36. The Morgan fingerprint density at radius 3 is 2.79 bits per heavy atom. The molecule has 2 rings (SSSR count). The summed E-state index contributed by atoms with van der Waals surface area (Å²) < 4.78 is 5.64. The Balaban J connectivity index is 2.39. The molecular formula is C16H18BrNO5S. The zero-order valence-electron chi connectivity index (χ0n) is 13.3. The van der Waals surface area contributed by atoms with Gasteiger partial charge in [0.25, 0.3) is 0 Å². The molecule has 1 aromatic carbocycles. The lowest BCUT2D eigenvalue weighted by molar-refractivity contribution is -0.139. The van der Waals surface area contributed by atoms with Crippen LogP contribution < -0.4 is 10.9 Å². The fourth-order valence-electron chi connectivity index (χ4n) is 2.38. The number of hydrogen-bond acceptors (Lipinski definition) is 6. The van der Waals surface area contributed by atoms with E-state index >= 15 is 0 Å². The standard InChI is InChI=1S/C16H18BrNO5S/c1-8-9-3-4-12(19)10(14(9)23-16(22)13(8)17)7-18-11(15(20)21)5-6-24-2/h3-4,11,18-19H,5-7H2,1-2H3,(H,20,21)/t11-/m0/s1. The van der Waals surface area contributed by atoms with Crippen molar-refractivity contribution in [3.05, 3.63) is 38.2 Å². The smallest absolute Gasteiger partial charge is 0.350 e. The van der Waals surface area contributed by atoms with Gasteiger partial charge in [0.2, 0.25) is 0 Å². The topological polar surface area (TPSA) is 99.8 Å². The van der Waals surface area contributed by atoms with Gasteiger partial charge in [0.1, 0.15) is 21.8 Å². The van der Waals surface area contributed by atoms with Crippen LogP contribution in [0.3, 0.4) is 0 Å². The monoisotopic (exact) mass is 415 g/mol. The summed E-state index contributed by atoms with van der Waals surface area (Å²) in [5, 5.41) is 23.0. The third-order valence-electron chi connectivity index (χ3n) is 3.78. The first kappa shape index (κ1) is 18.8. The molecule has 0 aliphatic heterocycles. The number of fused-ring (bicyclic) bond motifs is 1. The third-order valence-corrected chi connectivity index (χ3v) is 5.34. The average molecular weight is 416 g/mol. The molecule has 0 fully saturated rings. The Kier molecular flexibility index (Phi) is 6.31. The summed E-state index contributed by atoms with van der Waals surface area (Å²) in [7, 11) is 0. The fraction of sp³-hybridized carbons (Fsp3) is 0.375. The zero-order valence-corrected chi connectivity index (χ0v) is 15.7. The van der Waals surface area contributed by atoms with Crippen molar-refractivity contribution in [1.29, 1.82) is 0 Å². The number of rotatable bonds is 7. The fourth-order valence-corrected chi connectivity index (χ4v) is 3.15. The highest BCUT2D eigenvalue weighted by molar-refractivity contribution is 9.10. The second-order valence-corrected chi connectivity index (χ2v) is 7.10. The molecule has 8 heteroatoms. The van der Waals surface area contributed by atoms with Gasteiger partial charge in [-0.3, -0.25) is 10.1 Å². The first-order valence-electron chi connectivity index (χ1n) is 7.25. The number of phenols is 1. The number of phenolic OH excluding ortho intramolecular Hbond substituents is 1. The van der Waals surface area contributed by atoms with E-state index in [0.717, 1.165) is 0 Å². The zero-order chi connectivity index (χ0) is 17.9. The van der Waals surface area contributed by atoms with Crippen molar-refractivity contribution in [3.8, 4) is 5.75 Å². The normalized spacial score (nSPS) is 12.5. The molecule has 130 valence electrons. The molecule has 0 saturated heterocycles. The highest BCUT2D eigenvalue weighted by Crippen LogP contribution is 2.30. The summed E-state index contributed by atoms with van der Waals surface area (Å²) in [6, 6.07) is 2.44. The van der Waals surface area contributed by atoms with Gasteiger partial charge in [0.15, 0.2) is 0 Å². The van der Waals surface area contributed by atoms with E-state index in [1.54, 1.807) is 24.8 Å². The lowest BCUT2D eigenvalue weighted by atomic mass is 10.1. The first-order chi connectivity index (χ1) is 11.4. The molecule has 0 amide bonds. The molecular weight excluding hydrogens is 398 g/mol. The molecule has 1 atom stereocenters. The Labute approximate surface area is 151 Å². The van der Waals surface area contributed by atoms with Crippen LogP contribution in [0.4, 0.5) is 0 Å². The van der Waals surface area contributed by atoms with Crippen molar-refractivity contribution in [2.24, 2.45) is 0 Å². The van der Waals surface area contributed by atoms with Gasteiger partial charge in [0.05, 0.1) is 5.56 Å². The number of nitrogens with one attached hydrogen (secondary N) is 1. The number of carboxylic acid groups (broad SMARTS) is 1. The summed E-state index contributed by atoms with van der Waals surface area (Å²) in [6.07, 6.45) is 2.36. The SMILES string of the molecule is CSCC[C@H](NCc1c(O)ccc2c(C)c(Br)c(=O)oc12)C(=O)O. The van der Waals surface area contributed by atoms with Crippen molar-refractivity contribution in [2.75, 3.05) is 12.0 Å². The molecule has 24 heavy (non-hydrogen) atoms. The Morgan fingerprint density at radius 2 is 2.17 bits per heavy atom. The van der Waals surface area contributed by atoms with Gasteiger partial charge in [-0.1, -0.05) is 0 Å². The number of carboxylic acids is 1. The van der Waals surface area contributed by atoms with Crippen LogP contribution in [0, 0.1) is 6.92 Å². The second kappa shape index (κ2) is 8.04. The van der Waals surface area contributed by atoms with Gasteiger partial charge < -0.3 is 14.6 Å². The van der Waals surface area contributed by atoms with Gasteiger partial charge in [0, 0.05) is 11.9 Å². The number of aryl methyl sites for hydroxylation is 1. The number of carbonyl (C=O) groups is 1. The molecule has 0 saturated carbocycles. The predicted molar refractivity (Wildman–Crippen MR) is 97.8 cm³/mol.